The summed E-state index contributed by atoms with van der Waals surface area (Å²) in [6, 6.07) is 11.9. The fraction of sp³-hybridized carbons (Fsp3) is 0.143. The van der Waals surface area contributed by atoms with Gasteiger partial charge in [-0.15, -0.1) is 10.2 Å². The van der Waals surface area contributed by atoms with Crippen LogP contribution in [0.25, 0.3) is 17.0 Å². The molecule has 4 heteroatoms. The van der Waals surface area contributed by atoms with Crippen LogP contribution in [0.4, 0.5) is 5.69 Å². The van der Waals surface area contributed by atoms with E-state index in [1.54, 1.807) is 0 Å². The van der Waals surface area contributed by atoms with Crippen molar-refractivity contribution in [1.29, 1.82) is 0 Å². The number of pyridine rings is 1. The fourth-order valence-corrected chi connectivity index (χ4v) is 2.14. The van der Waals surface area contributed by atoms with Crippen molar-refractivity contribution in [3.8, 4) is 11.4 Å². The van der Waals surface area contributed by atoms with Crippen LogP contribution in [0.3, 0.4) is 0 Å². The lowest BCUT2D eigenvalue weighted by Crippen LogP contribution is -1.95. The van der Waals surface area contributed by atoms with Crippen LogP contribution in [0.5, 0.6) is 0 Å². The molecule has 0 aliphatic carbocycles. The van der Waals surface area contributed by atoms with E-state index in [2.05, 4.69) is 29.3 Å². The number of nitrogens with zero attached hydrogens (tertiary/aromatic N) is 3. The Labute approximate surface area is 105 Å². The second-order valence-electron chi connectivity index (χ2n) is 4.22. The monoisotopic (exact) mass is 238 g/mol. The van der Waals surface area contributed by atoms with Crippen LogP contribution in [0, 0.1) is 0 Å². The van der Waals surface area contributed by atoms with Crippen molar-refractivity contribution in [3.05, 3.63) is 48.2 Å². The molecule has 0 radical (unpaired) electrons. The number of hydrogen-bond donors (Lipinski definition) is 1. The van der Waals surface area contributed by atoms with E-state index in [0.29, 0.717) is 5.69 Å². The number of aromatic nitrogens is 3. The van der Waals surface area contributed by atoms with Crippen LogP contribution >= 0.6 is 0 Å². The molecular weight excluding hydrogens is 224 g/mol. The van der Waals surface area contributed by atoms with Crippen LogP contribution in [0.1, 0.15) is 12.5 Å². The standard InChI is InChI=1S/C14H14N4/c1-2-10-5-3-4-6-12(10)14-17-16-13-8-7-11(15)9-18(13)14/h3-9H,2,15H2,1H3. The summed E-state index contributed by atoms with van der Waals surface area (Å²) in [6.07, 6.45) is 2.82. The van der Waals surface area contributed by atoms with E-state index in [0.717, 1.165) is 23.5 Å². The van der Waals surface area contributed by atoms with E-state index in [-0.39, 0.29) is 0 Å². The maximum absolute atomic E-state index is 5.82. The van der Waals surface area contributed by atoms with Crippen LogP contribution in [0.2, 0.25) is 0 Å². The van der Waals surface area contributed by atoms with Crippen molar-refractivity contribution < 1.29 is 0 Å². The molecule has 0 bridgehead atoms. The Bertz CT molecular complexity index is 700. The summed E-state index contributed by atoms with van der Waals surface area (Å²) in [5, 5.41) is 8.44. The summed E-state index contributed by atoms with van der Waals surface area (Å²) in [4.78, 5) is 0. The molecule has 2 N–H and O–H groups in total. The summed E-state index contributed by atoms with van der Waals surface area (Å²) >= 11 is 0. The highest BCUT2D eigenvalue weighted by atomic mass is 15.2. The van der Waals surface area contributed by atoms with Gasteiger partial charge in [0, 0.05) is 17.4 Å². The fourth-order valence-electron chi connectivity index (χ4n) is 2.14. The van der Waals surface area contributed by atoms with Crippen LogP contribution in [-0.4, -0.2) is 14.6 Å². The van der Waals surface area contributed by atoms with Crippen molar-refractivity contribution in [2.75, 3.05) is 5.73 Å². The normalized spacial score (nSPS) is 10.9. The highest BCUT2D eigenvalue weighted by molar-refractivity contribution is 5.64. The molecule has 0 saturated carbocycles. The van der Waals surface area contributed by atoms with Crippen LogP contribution < -0.4 is 5.73 Å². The highest BCUT2D eigenvalue weighted by Crippen LogP contribution is 2.23. The number of rotatable bonds is 2. The van der Waals surface area contributed by atoms with Crippen LogP contribution in [-0.2, 0) is 6.42 Å². The minimum Gasteiger partial charge on any atom is -0.398 e. The molecule has 0 spiro atoms. The Morgan fingerprint density at radius 1 is 1.11 bits per heavy atom. The van der Waals surface area contributed by atoms with Gasteiger partial charge in [0.1, 0.15) is 0 Å². The molecule has 0 amide bonds. The summed E-state index contributed by atoms with van der Waals surface area (Å²) in [6.45, 7) is 2.14. The zero-order valence-electron chi connectivity index (χ0n) is 10.2. The maximum Gasteiger partial charge on any atom is 0.168 e. The van der Waals surface area contributed by atoms with Gasteiger partial charge in [0.2, 0.25) is 0 Å². The molecule has 1 aromatic carbocycles. The smallest absolute Gasteiger partial charge is 0.168 e. The number of hydrogen-bond acceptors (Lipinski definition) is 3. The van der Waals surface area contributed by atoms with Gasteiger partial charge in [-0.05, 0) is 24.1 Å². The topological polar surface area (TPSA) is 56.2 Å². The van der Waals surface area contributed by atoms with E-state index in [9.17, 15) is 0 Å². The van der Waals surface area contributed by atoms with Gasteiger partial charge in [0.05, 0.1) is 0 Å². The lowest BCUT2D eigenvalue weighted by Gasteiger charge is -2.06. The van der Waals surface area contributed by atoms with E-state index in [4.69, 9.17) is 5.73 Å². The minimum absolute atomic E-state index is 0.706. The van der Waals surface area contributed by atoms with Crippen molar-refractivity contribution in [2.45, 2.75) is 13.3 Å². The average molecular weight is 238 g/mol. The van der Waals surface area contributed by atoms with E-state index in [1.807, 2.05) is 34.9 Å². The molecule has 0 unspecified atom stereocenters. The largest absolute Gasteiger partial charge is 0.398 e. The lowest BCUT2D eigenvalue weighted by molar-refractivity contribution is 1.08. The molecule has 0 aliphatic rings. The predicted molar refractivity (Wildman–Crippen MR) is 72.2 cm³/mol. The molecule has 4 nitrogen and oxygen atoms in total. The predicted octanol–water partition coefficient (Wildman–Crippen LogP) is 2.54. The SMILES string of the molecule is CCc1ccccc1-c1nnc2ccc(N)cn12. The van der Waals surface area contributed by atoms with Crippen molar-refractivity contribution >= 4 is 11.3 Å². The molecule has 90 valence electrons. The van der Waals surface area contributed by atoms with Crippen molar-refractivity contribution in [3.63, 3.8) is 0 Å². The number of fused-ring (bicyclic) bond motifs is 1. The molecule has 0 atom stereocenters. The quantitative estimate of drug-likeness (QED) is 0.746. The Morgan fingerprint density at radius 3 is 2.78 bits per heavy atom. The third-order valence-electron chi connectivity index (χ3n) is 3.06. The Balaban J connectivity index is 2.28. The van der Waals surface area contributed by atoms with Gasteiger partial charge in [0.15, 0.2) is 11.5 Å². The Hall–Kier alpha value is -2.36. The number of nitrogen functional groups attached to an aromatic ring is 1. The zero-order valence-corrected chi connectivity index (χ0v) is 10.2. The summed E-state index contributed by atoms with van der Waals surface area (Å²) in [7, 11) is 0. The summed E-state index contributed by atoms with van der Waals surface area (Å²) < 4.78 is 1.93. The van der Waals surface area contributed by atoms with Crippen LogP contribution in [0.15, 0.2) is 42.6 Å². The summed E-state index contributed by atoms with van der Waals surface area (Å²) in [5.74, 6) is 0.842. The van der Waals surface area contributed by atoms with Gasteiger partial charge < -0.3 is 5.73 Å². The molecule has 2 aromatic heterocycles. The minimum atomic E-state index is 0.706. The highest BCUT2D eigenvalue weighted by Gasteiger charge is 2.10. The summed E-state index contributed by atoms with van der Waals surface area (Å²) in [5.41, 5.74) is 9.71. The van der Waals surface area contributed by atoms with Crippen molar-refractivity contribution in [2.24, 2.45) is 0 Å². The van der Waals surface area contributed by atoms with Crippen molar-refractivity contribution in [1.82, 2.24) is 14.6 Å². The zero-order chi connectivity index (χ0) is 12.5. The molecule has 0 saturated heterocycles. The van der Waals surface area contributed by atoms with Gasteiger partial charge in [-0.3, -0.25) is 4.40 Å². The molecule has 3 aromatic rings. The average Bonchev–Trinajstić information content (AvgIpc) is 2.81. The van der Waals surface area contributed by atoms with Gasteiger partial charge in [-0.1, -0.05) is 31.2 Å². The lowest BCUT2D eigenvalue weighted by atomic mass is 10.0. The molecular formula is C14H14N4. The molecule has 3 rings (SSSR count). The molecule has 2 heterocycles. The second-order valence-corrected chi connectivity index (χ2v) is 4.22. The third-order valence-corrected chi connectivity index (χ3v) is 3.06. The Kier molecular flexibility index (Phi) is 2.48. The van der Waals surface area contributed by atoms with Gasteiger partial charge >= 0.3 is 0 Å². The number of nitrogens with two attached hydrogens (primary N) is 1. The van der Waals surface area contributed by atoms with Gasteiger partial charge in [-0.25, -0.2) is 0 Å². The third kappa shape index (κ3) is 1.62. The number of anilines is 1. The van der Waals surface area contributed by atoms with E-state index < -0.39 is 0 Å². The second kappa shape index (κ2) is 4.14. The molecule has 18 heavy (non-hydrogen) atoms. The first kappa shape index (κ1) is 10.8. The Morgan fingerprint density at radius 2 is 1.94 bits per heavy atom. The first-order valence-corrected chi connectivity index (χ1v) is 5.98. The van der Waals surface area contributed by atoms with Gasteiger partial charge in [-0.2, -0.15) is 0 Å². The van der Waals surface area contributed by atoms with E-state index in [1.165, 1.54) is 5.56 Å². The molecule has 0 aliphatic heterocycles. The number of aryl methyl sites for hydroxylation is 1. The number of benzene rings is 1. The first-order chi connectivity index (χ1) is 8.79. The first-order valence-electron chi connectivity index (χ1n) is 5.98. The van der Waals surface area contributed by atoms with Gasteiger partial charge in [0.25, 0.3) is 0 Å². The van der Waals surface area contributed by atoms with E-state index >= 15 is 0 Å². The maximum atomic E-state index is 5.82. The molecule has 0 fully saturated rings.